The number of H-pyrrole nitrogens is 1. The van der Waals surface area contributed by atoms with Crippen LogP contribution < -0.4 is 9.61 Å². The van der Waals surface area contributed by atoms with Crippen molar-refractivity contribution in [1.82, 2.24) is 4.98 Å². The number of benzene rings is 1. The zero-order valence-electron chi connectivity index (χ0n) is 13.3. The average Bonchev–Trinajstić information content (AvgIpc) is 3.26. The van der Waals surface area contributed by atoms with Gasteiger partial charge in [-0.2, -0.15) is 0 Å². The molecule has 0 saturated heterocycles. The topological polar surface area (TPSA) is 62.3 Å². The Labute approximate surface area is 148 Å². The minimum atomic E-state index is 0.00667. The van der Waals surface area contributed by atoms with E-state index in [1.807, 2.05) is 23.9 Å². The number of phenolic OH excluding ortho intramolecular Hbond substituents is 1. The Balaban J connectivity index is 1.71. The number of aromatic nitrogens is 1. The van der Waals surface area contributed by atoms with E-state index in [2.05, 4.69) is 4.98 Å². The molecule has 4 nitrogen and oxygen atoms in total. The quantitative estimate of drug-likeness (QED) is 0.854. The third-order valence-electron chi connectivity index (χ3n) is 6.05. The maximum Gasteiger partial charge on any atom is 0.305 e. The van der Waals surface area contributed by atoms with Gasteiger partial charge >= 0.3 is 4.87 Å². The molecule has 3 aliphatic rings. The van der Waals surface area contributed by atoms with Crippen LogP contribution in [0.2, 0.25) is 0 Å². The van der Waals surface area contributed by atoms with Crippen LogP contribution in [-0.2, 0) is 0 Å². The fraction of sp³-hybridized carbons (Fsp3) is 0.500. The van der Waals surface area contributed by atoms with Crippen LogP contribution >= 0.6 is 23.1 Å². The Morgan fingerprint density at radius 1 is 1.29 bits per heavy atom. The van der Waals surface area contributed by atoms with Crippen molar-refractivity contribution in [2.75, 3.05) is 7.11 Å². The van der Waals surface area contributed by atoms with Crippen LogP contribution in [0.15, 0.2) is 28.0 Å². The lowest BCUT2D eigenvalue weighted by Gasteiger charge is -2.40. The number of fused-ring (bicyclic) bond motifs is 6. The number of hydrogen-bond donors (Lipinski definition) is 2. The highest BCUT2D eigenvalue weighted by molar-refractivity contribution is 8.00. The van der Waals surface area contributed by atoms with Crippen molar-refractivity contribution in [3.63, 3.8) is 0 Å². The van der Waals surface area contributed by atoms with Crippen molar-refractivity contribution in [2.24, 2.45) is 17.8 Å². The van der Waals surface area contributed by atoms with Gasteiger partial charge in [0.15, 0.2) is 11.5 Å². The molecule has 24 heavy (non-hydrogen) atoms. The first-order chi connectivity index (χ1) is 11.7. The smallest absolute Gasteiger partial charge is 0.305 e. The first-order valence-electron chi connectivity index (χ1n) is 8.43. The summed E-state index contributed by atoms with van der Waals surface area (Å²) < 4.78 is 5.32. The molecule has 0 radical (unpaired) electrons. The molecule has 1 aromatic carbocycles. The standard InChI is InChI=1S/C18H19NO3S2/c1-22-11-4-2-3-10(14(11)20)13-12-8-5-6-9(7-8)15(12)23-17-16(13)24-18(21)19-17/h2-4,8-9,12-13,15,20H,5-7H2,1H3,(H,19,21)/t8-,9-,12-,13-,15+/m1/s1. The number of thiazole rings is 1. The fourth-order valence-corrected chi connectivity index (χ4v) is 8.04. The van der Waals surface area contributed by atoms with E-state index < -0.39 is 0 Å². The van der Waals surface area contributed by atoms with E-state index in [-0.39, 0.29) is 16.5 Å². The number of ether oxygens (including phenoxy) is 1. The molecule has 2 heterocycles. The van der Waals surface area contributed by atoms with Crippen LogP contribution in [0.4, 0.5) is 0 Å². The third kappa shape index (κ3) is 1.96. The molecular weight excluding hydrogens is 342 g/mol. The van der Waals surface area contributed by atoms with Gasteiger partial charge in [0.2, 0.25) is 0 Å². The van der Waals surface area contributed by atoms with Crippen LogP contribution in [0.3, 0.4) is 0 Å². The molecule has 1 aliphatic heterocycles. The summed E-state index contributed by atoms with van der Waals surface area (Å²) in [6.45, 7) is 0. The van der Waals surface area contributed by atoms with E-state index in [0.717, 1.165) is 21.4 Å². The predicted molar refractivity (Wildman–Crippen MR) is 95.4 cm³/mol. The van der Waals surface area contributed by atoms with Crippen molar-refractivity contribution in [1.29, 1.82) is 0 Å². The number of aromatic hydroxyl groups is 1. The van der Waals surface area contributed by atoms with Crippen molar-refractivity contribution >= 4 is 23.1 Å². The molecule has 0 spiro atoms. The summed E-state index contributed by atoms with van der Waals surface area (Å²) in [7, 11) is 1.58. The van der Waals surface area contributed by atoms with Gasteiger partial charge in [0.05, 0.1) is 12.1 Å². The van der Waals surface area contributed by atoms with Crippen LogP contribution in [0.25, 0.3) is 0 Å². The second-order valence-corrected chi connectivity index (χ2v) is 9.28. The minimum Gasteiger partial charge on any atom is -0.504 e. The molecule has 6 heteroatoms. The molecule has 126 valence electrons. The van der Waals surface area contributed by atoms with E-state index in [4.69, 9.17) is 4.74 Å². The summed E-state index contributed by atoms with van der Waals surface area (Å²) >= 11 is 3.18. The van der Waals surface area contributed by atoms with E-state index >= 15 is 0 Å². The fourth-order valence-electron chi connectivity index (χ4n) is 5.15. The molecular formula is C18H19NO3S2. The molecule has 2 fully saturated rings. The van der Waals surface area contributed by atoms with Gasteiger partial charge in [-0.3, -0.25) is 4.79 Å². The summed E-state index contributed by atoms with van der Waals surface area (Å²) in [5.74, 6) is 2.79. The maximum absolute atomic E-state index is 12.0. The normalized spacial score (nSPS) is 33.3. The van der Waals surface area contributed by atoms with Crippen LogP contribution in [-0.4, -0.2) is 22.5 Å². The molecule has 1 aromatic heterocycles. The Hall–Kier alpha value is -1.40. The molecule has 2 aromatic rings. The molecule has 0 amide bonds. The van der Waals surface area contributed by atoms with Gasteiger partial charge in [-0.05, 0) is 43.1 Å². The van der Waals surface area contributed by atoms with Gasteiger partial charge < -0.3 is 14.8 Å². The first-order valence-corrected chi connectivity index (χ1v) is 10.1. The summed E-state index contributed by atoms with van der Waals surface area (Å²) in [6, 6.07) is 5.72. The van der Waals surface area contributed by atoms with Gasteiger partial charge in [0, 0.05) is 21.6 Å². The second kappa shape index (κ2) is 5.30. The number of aromatic amines is 1. The van der Waals surface area contributed by atoms with Crippen LogP contribution in [0.5, 0.6) is 11.5 Å². The number of thioether (sulfide) groups is 1. The van der Waals surface area contributed by atoms with Gasteiger partial charge in [0.25, 0.3) is 0 Å². The molecule has 2 bridgehead atoms. The van der Waals surface area contributed by atoms with Crippen LogP contribution in [0, 0.1) is 17.8 Å². The molecule has 0 unspecified atom stereocenters. The lowest BCUT2D eigenvalue weighted by Crippen LogP contribution is -2.33. The Morgan fingerprint density at radius 2 is 2.12 bits per heavy atom. The van der Waals surface area contributed by atoms with Gasteiger partial charge in [0.1, 0.15) is 0 Å². The molecule has 2 aliphatic carbocycles. The second-order valence-electron chi connectivity index (χ2n) is 7.08. The van der Waals surface area contributed by atoms with Gasteiger partial charge in [-0.15, -0.1) is 11.8 Å². The number of rotatable bonds is 2. The minimum absolute atomic E-state index is 0.00667. The average molecular weight is 361 g/mol. The summed E-state index contributed by atoms with van der Waals surface area (Å²) in [5, 5.41) is 12.3. The lowest BCUT2D eigenvalue weighted by atomic mass is 9.74. The number of nitrogens with one attached hydrogen (secondary N) is 1. The van der Waals surface area contributed by atoms with E-state index in [9.17, 15) is 9.90 Å². The van der Waals surface area contributed by atoms with E-state index in [1.165, 1.54) is 30.6 Å². The highest BCUT2D eigenvalue weighted by Gasteiger charge is 2.55. The molecule has 2 saturated carbocycles. The van der Waals surface area contributed by atoms with E-state index in [1.54, 1.807) is 13.2 Å². The zero-order valence-corrected chi connectivity index (χ0v) is 15.0. The van der Waals surface area contributed by atoms with Crippen molar-refractivity contribution < 1.29 is 9.84 Å². The SMILES string of the molecule is COc1cccc([C@H]2c3sc(=O)[nH]c3S[C@H]3[C@@H]4CC[C@H](C4)[C@H]23)c1O. The van der Waals surface area contributed by atoms with E-state index in [0.29, 0.717) is 22.8 Å². The lowest BCUT2D eigenvalue weighted by molar-refractivity contribution is 0.300. The van der Waals surface area contributed by atoms with Crippen molar-refractivity contribution in [3.8, 4) is 11.5 Å². The third-order valence-corrected chi connectivity index (χ3v) is 8.67. The number of para-hydroxylation sites is 1. The number of phenols is 1. The molecule has 2 N–H and O–H groups in total. The van der Waals surface area contributed by atoms with Gasteiger partial charge in [-0.25, -0.2) is 0 Å². The number of hydrogen-bond acceptors (Lipinski definition) is 5. The van der Waals surface area contributed by atoms with Crippen LogP contribution in [0.1, 0.15) is 35.6 Å². The van der Waals surface area contributed by atoms with Crippen molar-refractivity contribution in [3.05, 3.63) is 38.3 Å². The molecule has 5 atom stereocenters. The Bertz CT molecular complexity index is 858. The Morgan fingerprint density at radius 3 is 2.96 bits per heavy atom. The molecule has 5 rings (SSSR count). The maximum atomic E-state index is 12.0. The first kappa shape index (κ1) is 14.9. The highest BCUT2D eigenvalue weighted by atomic mass is 32.2. The Kier molecular flexibility index (Phi) is 3.29. The number of methoxy groups -OCH3 is 1. The summed E-state index contributed by atoms with van der Waals surface area (Å²) in [6.07, 6.45) is 3.88. The highest BCUT2D eigenvalue weighted by Crippen LogP contribution is 2.64. The summed E-state index contributed by atoms with van der Waals surface area (Å²) in [5.41, 5.74) is 0.911. The summed E-state index contributed by atoms with van der Waals surface area (Å²) in [4.78, 5) is 16.1. The van der Waals surface area contributed by atoms with Crippen molar-refractivity contribution in [2.45, 2.75) is 35.5 Å². The predicted octanol–water partition coefficient (Wildman–Crippen LogP) is 3.80. The largest absolute Gasteiger partial charge is 0.504 e. The van der Waals surface area contributed by atoms with Gasteiger partial charge in [-0.1, -0.05) is 23.5 Å². The zero-order chi connectivity index (χ0) is 16.4. The monoisotopic (exact) mass is 361 g/mol.